The quantitative estimate of drug-likeness (QED) is 0.849. The molecule has 2 heterocycles. The van der Waals surface area contributed by atoms with Crippen molar-refractivity contribution in [2.45, 2.75) is 20.4 Å². The molecule has 0 saturated carbocycles. The number of aryl methyl sites for hydroxylation is 2. The molecule has 2 amide bonds. The van der Waals surface area contributed by atoms with Gasteiger partial charge in [0.05, 0.1) is 23.5 Å². The van der Waals surface area contributed by atoms with E-state index in [0.717, 1.165) is 11.3 Å². The fraction of sp³-hybridized carbons (Fsp3) is 0.312. The molecule has 0 unspecified atom stereocenters. The lowest BCUT2D eigenvalue weighted by atomic mass is 10.1. The maximum absolute atomic E-state index is 12.8. The zero-order valence-corrected chi connectivity index (χ0v) is 12.8. The molecule has 0 bridgehead atoms. The van der Waals surface area contributed by atoms with Crippen LogP contribution in [-0.4, -0.2) is 35.5 Å². The van der Waals surface area contributed by atoms with Gasteiger partial charge >= 0.3 is 0 Å². The Labute approximate surface area is 128 Å². The lowest BCUT2D eigenvalue weighted by molar-refractivity contribution is -0.119. The molecule has 3 rings (SSSR count). The molecule has 2 aromatic rings. The number of amides is 2. The number of aromatic nitrogens is 1. The van der Waals surface area contributed by atoms with Gasteiger partial charge in [-0.2, -0.15) is 0 Å². The summed E-state index contributed by atoms with van der Waals surface area (Å²) in [6.45, 7) is 3.98. The molecule has 0 N–H and O–H groups in total. The summed E-state index contributed by atoms with van der Waals surface area (Å²) in [5.74, 6) is 0.391. The molecule has 22 heavy (non-hydrogen) atoms. The van der Waals surface area contributed by atoms with Crippen LogP contribution < -0.4 is 4.90 Å². The van der Waals surface area contributed by atoms with E-state index in [9.17, 15) is 9.59 Å². The summed E-state index contributed by atoms with van der Waals surface area (Å²) in [4.78, 5) is 28.2. The van der Waals surface area contributed by atoms with Crippen LogP contribution in [0.5, 0.6) is 0 Å². The van der Waals surface area contributed by atoms with Crippen LogP contribution in [0.4, 0.5) is 5.69 Å². The molecule has 6 nitrogen and oxygen atoms in total. The van der Waals surface area contributed by atoms with E-state index in [2.05, 4.69) is 5.16 Å². The van der Waals surface area contributed by atoms with Gasteiger partial charge in [0.2, 0.25) is 5.91 Å². The fourth-order valence-electron chi connectivity index (χ4n) is 2.64. The number of carbonyl (C=O) groups excluding carboxylic acids is 2. The van der Waals surface area contributed by atoms with E-state index in [0.29, 0.717) is 23.6 Å². The second kappa shape index (κ2) is 5.29. The van der Waals surface area contributed by atoms with Crippen LogP contribution in [0.3, 0.4) is 0 Å². The van der Waals surface area contributed by atoms with Crippen molar-refractivity contribution in [3.63, 3.8) is 0 Å². The highest BCUT2D eigenvalue weighted by atomic mass is 16.5. The first-order chi connectivity index (χ1) is 10.5. The van der Waals surface area contributed by atoms with Crippen molar-refractivity contribution in [3.05, 3.63) is 46.8 Å². The van der Waals surface area contributed by atoms with E-state index in [-0.39, 0.29) is 18.4 Å². The Balaban J connectivity index is 2.00. The third-order valence-electron chi connectivity index (χ3n) is 4.01. The summed E-state index contributed by atoms with van der Waals surface area (Å²) in [7, 11) is 1.69. The van der Waals surface area contributed by atoms with Crippen LogP contribution in [0.25, 0.3) is 0 Å². The molecule has 1 aromatic carbocycles. The Morgan fingerprint density at radius 3 is 2.64 bits per heavy atom. The minimum Gasteiger partial charge on any atom is -0.361 e. The second-order valence-corrected chi connectivity index (χ2v) is 5.43. The molecule has 0 saturated heterocycles. The molecule has 0 spiro atoms. The summed E-state index contributed by atoms with van der Waals surface area (Å²) in [6.07, 6.45) is 0. The van der Waals surface area contributed by atoms with Crippen molar-refractivity contribution < 1.29 is 14.1 Å². The van der Waals surface area contributed by atoms with E-state index < -0.39 is 0 Å². The molecule has 114 valence electrons. The van der Waals surface area contributed by atoms with Crippen LogP contribution in [-0.2, 0) is 11.3 Å². The lowest BCUT2D eigenvalue weighted by Crippen LogP contribution is -2.37. The third-order valence-corrected chi connectivity index (χ3v) is 4.01. The highest BCUT2D eigenvalue weighted by Gasteiger charge is 2.30. The van der Waals surface area contributed by atoms with E-state index in [1.165, 1.54) is 9.80 Å². The van der Waals surface area contributed by atoms with Gasteiger partial charge in [-0.1, -0.05) is 17.3 Å². The summed E-state index contributed by atoms with van der Waals surface area (Å²) < 4.78 is 5.14. The smallest absolute Gasteiger partial charge is 0.256 e. The van der Waals surface area contributed by atoms with Crippen LogP contribution in [0, 0.1) is 13.8 Å². The molecule has 6 heteroatoms. The molecular formula is C16H17N3O3. The number of likely N-dealkylation sites (N-methyl/N-ethyl adjacent to an activating group) is 1. The molecule has 0 atom stereocenters. The second-order valence-electron chi connectivity index (χ2n) is 5.43. The summed E-state index contributed by atoms with van der Waals surface area (Å²) in [6, 6.07) is 7.14. The van der Waals surface area contributed by atoms with Gasteiger partial charge in [0.1, 0.15) is 12.3 Å². The van der Waals surface area contributed by atoms with Crippen molar-refractivity contribution >= 4 is 17.5 Å². The van der Waals surface area contributed by atoms with Crippen LogP contribution in [0.15, 0.2) is 28.8 Å². The normalized spacial score (nSPS) is 15.0. The number of benzene rings is 1. The first-order valence-electron chi connectivity index (χ1n) is 7.05. The van der Waals surface area contributed by atoms with Gasteiger partial charge in [-0.25, -0.2) is 0 Å². The maximum atomic E-state index is 12.8. The Morgan fingerprint density at radius 2 is 1.95 bits per heavy atom. The Morgan fingerprint density at radius 1 is 1.23 bits per heavy atom. The van der Waals surface area contributed by atoms with Crippen LogP contribution >= 0.6 is 0 Å². The zero-order chi connectivity index (χ0) is 15.9. The SMILES string of the molecule is Cc1noc(C)c1CN1CC(=O)N(C)c2ccccc2C1=O. The number of para-hydroxylation sites is 1. The van der Waals surface area contributed by atoms with Crippen molar-refractivity contribution in [2.75, 3.05) is 18.5 Å². The van der Waals surface area contributed by atoms with Gasteiger partial charge in [0.15, 0.2) is 0 Å². The van der Waals surface area contributed by atoms with Crippen molar-refractivity contribution in [1.82, 2.24) is 10.1 Å². The number of hydrogen-bond donors (Lipinski definition) is 0. The fourth-order valence-corrected chi connectivity index (χ4v) is 2.64. The van der Waals surface area contributed by atoms with Gasteiger partial charge < -0.3 is 14.3 Å². The standard InChI is InChI=1S/C16H17N3O3/c1-10-13(11(2)22-17-10)8-19-9-15(20)18(3)14-7-5-4-6-12(14)16(19)21/h4-7H,8-9H2,1-3H3. The molecule has 1 aromatic heterocycles. The highest BCUT2D eigenvalue weighted by Crippen LogP contribution is 2.26. The number of hydrogen-bond acceptors (Lipinski definition) is 4. The molecule has 1 aliphatic rings. The first kappa shape index (κ1) is 14.3. The monoisotopic (exact) mass is 299 g/mol. The molecule has 0 fully saturated rings. The minimum absolute atomic E-state index is 0.0358. The van der Waals surface area contributed by atoms with Crippen molar-refractivity contribution in [3.8, 4) is 0 Å². The number of nitrogens with zero attached hydrogens (tertiary/aromatic N) is 3. The van der Waals surface area contributed by atoms with Gasteiger partial charge in [0.25, 0.3) is 5.91 Å². The minimum atomic E-state index is -0.159. The number of rotatable bonds is 2. The zero-order valence-electron chi connectivity index (χ0n) is 12.8. The van der Waals surface area contributed by atoms with E-state index in [4.69, 9.17) is 4.52 Å². The predicted octanol–water partition coefficient (Wildman–Crippen LogP) is 1.91. The summed E-state index contributed by atoms with van der Waals surface area (Å²) in [5, 5.41) is 3.90. The van der Waals surface area contributed by atoms with Crippen molar-refractivity contribution in [1.29, 1.82) is 0 Å². The van der Waals surface area contributed by atoms with E-state index >= 15 is 0 Å². The van der Waals surface area contributed by atoms with E-state index in [1.807, 2.05) is 13.0 Å². The lowest BCUT2D eigenvalue weighted by Gasteiger charge is -2.19. The Kier molecular flexibility index (Phi) is 3.44. The number of anilines is 1. The molecular weight excluding hydrogens is 282 g/mol. The molecule has 0 aliphatic carbocycles. The van der Waals surface area contributed by atoms with Gasteiger partial charge in [-0.15, -0.1) is 0 Å². The third kappa shape index (κ3) is 2.26. The van der Waals surface area contributed by atoms with Crippen LogP contribution in [0.1, 0.15) is 27.4 Å². The van der Waals surface area contributed by atoms with Crippen LogP contribution in [0.2, 0.25) is 0 Å². The highest BCUT2D eigenvalue weighted by molar-refractivity contribution is 6.09. The Hall–Kier alpha value is -2.63. The summed E-state index contributed by atoms with van der Waals surface area (Å²) in [5.41, 5.74) is 2.76. The summed E-state index contributed by atoms with van der Waals surface area (Å²) >= 11 is 0. The largest absolute Gasteiger partial charge is 0.361 e. The average Bonchev–Trinajstić information content (AvgIpc) is 2.80. The van der Waals surface area contributed by atoms with Gasteiger partial charge in [-0.05, 0) is 26.0 Å². The van der Waals surface area contributed by atoms with Gasteiger partial charge in [-0.3, -0.25) is 9.59 Å². The maximum Gasteiger partial charge on any atom is 0.256 e. The van der Waals surface area contributed by atoms with Crippen molar-refractivity contribution in [2.24, 2.45) is 0 Å². The first-order valence-corrected chi connectivity index (χ1v) is 7.05. The number of fused-ring (bicyclic) bond motifs is 1. The topological polar surface area (TPSA) is 66.7 Å². The molecule has 0 radical (unpaired) electrons. The van der Waals surface area contributed by atoms with E-state index in [1.54, 1.807) is 32.2 Å². The molecule has 1 aliphatic heterocycles. The van der Waals surface area contributed by atoms with Gasteiger partial charge in [0, 0.05) is 12.6 Å². The Bertz CT molecular complexity index is 731. The number of carbonyl (C=O) groups is 2. The average molecular weight is 299 g/mol. The predicted molar refractivity (Wildman–Crippen MR) is 80.6 cm³/mol.